The van der Waals surface area contributed by atoms with E-state index < -0.39 is 18.5 Å². The maximum atomic E-state index is 11.8. The van der Waals surface area contributed by atoms with Gasteiger partial charge in [-0.05, 0) is 18.1 Å². The summed E-state index contributed by atoms with van der Waals surface area (Å²) in [6, 6.07) is 3.14. The van der Waals surface area contributed by atoms with Crippen molar-refractivity contribution in [1.29, 1.82) is 0 Å². The Morgan fingerprint density at radius 1 is 1.39 bits per heavy atom. The number of nitrogens with one attached hydrogen (secondary N) is 1. The van der Waals surface area contributed by atoms with Gasteiger partial charge in [0.25, 0.3) is 5.91 Å². The van der Waals surface area contributed by atoms with Gasteiger partial charge in [-0.25, -0.2) is 0 Å². The first-order valence-electron chi connectivity index (χ1n) is 5.42. The molecular formula is C11H14F3N3O. The van der Waals surface area contributed by atoms with E-state index in [1.807, 2.05) is 0 Å². The maximum Gasteiger partial charge on any atom is 0.389 e. The lowest BCUT2D eigenvalue weighted by Gasteiger charge is -2.07. The van der Waals surface area contributed by atoms with Crippen LogP contribution in [0.2, 0.25) is 0 Å². The van der Waals surface area contributed by atoms with Crippen molar-refractivity contribution in [2.45, 2.75) is 25.6 Å². The van der Waals surface area contributed by atoms with Crippen LogP contribution in [0, 0.1) is 0 Å². The highest BCUT2D eigenvalue weighted by molar-refractivity contribution is 5.92. The third-order valence-corrected chi connectivity index (χ3v) is 2.22. The van der Waals surface area contributed by atoms with Crippen molar-refractivity contribution in [1.82, 2.24) is 10.3 Å². The smallest absolute Gasteiger partial charge is 0.351 e. The minimum atomic E-state index is -4.19. The van der Waals surface area contributed by atoms with Crippen LogP contribution in [0.1, 0.15) is 28.9 Å². The van der Waals surface area contributed by atoms with Crippen molar-refractivity contribution >= 4 is 5.91 Å². The van der Waals surface area contributed by atoms with Gasteiger partial charge >= 0.3 is 6.18 Å². The molecule has 0 aromatic carbocycles. The molecular weight excluding hydrogens is 247 g/mol. The first-order valence-corrected chi connectivity index (χ1v) is 5.42. The minimum Gasteiger partial charge on any atom is -0.351 e. The highest BCUT2D eigenvalue weighted by atomic mass is 19.4. The summed E-state index contributed by atoms with van der Waals surface area (Å²) in [5, 5.41) is 2.38. The monoisotopic (exact) mass is 261 g/mol. The van der Waals surface area contributed by atoms with E-state index in [1.165, 1.54) is 12.3 Å². The molecule has 18 heavy (non-hydrogen) atoms. The number of alkyl halides is 3. The topological polar surface area (TPSA) is 68.0 Å². The average molecular weight is 261 g/mol. The fraction of sp³-hybridized carbons (Fsp3) is 0.455. The normalized spacial score (nSPS) is 11.3. The number of rotatable bonds is 5. The molecule has 1 aromatic rings. The standard InChI is InChI=1S/C11H14F3N3O/c12-11(13,14)4-1-5-16-10(18)9-3-2-8(6-15)7-17-9/h2-3,7H,1,4-6,15H2,(H,16,18). The molecule has 7 heteroatoms. The van der Waals surface area contributed by atoms with Crippen LogP contribution in [-0.4, -0.2) is 23.6 Å². The number of hydrogen-bond acceptors (Lipinski definition) is 3. The molecule has 1 rings (SSSR count). The second kappa shape index (κ2) is 6.34. The first kappa shape index (κ1) is 14.4. The molecule has 0 aliphatic heterocycles. The van der Waals surface area contributed by atoms with Crippen molar-refractivity contribution in [3.63, 3.8) is 0 Å². The van der Waals surface area contributed by atoms with E-state index in [2.05, 4.69) is 10.3 Å². The van der Waals surface area contributed by atoms with Crippen LogP contribution in [0.5, 0.6) is 0 Å². The predicted octanol–water partition coefficient (Wildman–Crippen LogP) is 1.61. The van der Waals surface area contributed by atoms with E-state index in [9.17, 15) is 18.0 Å². The van der Waals surface area contributed by atoms with Gasteiger partial charge in [0.2, 0.25) is 0 Å². The van der Waals surface area contributed by atoms with Crippen molar-refractivity contribution < 1.29 is 18.0 Å². The average Bonchev–Trinajstić information content (AvgIpc) is 2.33. The molecule has 0 spiro atoms. The maximum absolute atomic E-state index is 11.8. The van der Waals surface area contributed by atoms with Gasteiger partial charge in [0, 0.05) is 25.7 Å². The lowest BCUT2D eigenvalue weighted by atomic mass is 10.2. The molecule has 1 heterocycles. The van der Waals surface area contributed by atoms with Gasteiger partial charge in [-0.1, -0.05) is 6.07 Å². The van der Waals surface area contributed by atoms with Crippen molar-refractivity contribution in [3.05, 3.63) is 29.6 Å². The zero-order valence-corrected chi connectivity index (χ0v) is 9.63. The Balaban J connectivity index is 2.36. The number of hydrogen-bond donors (Lipinski definition) is 2. The Bertz CT molecular complexity index is 390. The van der Waals surface area contributed by atoms with Gasteiger partial charge in [0.1, 0.15) is 5.69 Å². The van der Waals surface area contributed by atoms with Crippen LogP contribution in [0.25, 0.3) is 0 Å². The molecule has 0 aliphatic rings. The minimum absolute atomic E-state index is 0.0291. The summed E-state index contributed by atoms with van der Waals surface area (Å²) in [6.07, 6.45) is -3.78. The number of halogens is 3. The van der Waals surface area contributed by atoms with E-state index in [0.29, 0.717) is 6.54 Å². The quantitative estimate of drug-likeness (QED) is 0.791. The Hall–Kier alpha value is -1.63. The Kier molecular flexibility index (Phi) is 5.08. The van der Waals surface area contributed by atoms with Gasteiger partial charge in [-0.2, -0.15) is 13.2 Å². The van der Waals surface area contributed by atoms with E-state index in [1.54, 1.807) is 6.07 Å². The van der Waals surface area contributed by atoms with Gasteiger partial charge in [-0.3, -0.25) is 9.78 Å². The predicted molar refractivity (Wildman–Crippen MR) is 59.8 cm³/mol. The molecule has 0 saturated heterocycles. The molecule has 0 atom stereocenters. The van der Waals surface area contributed by atoms with Crippen molar-refractivity contribution in [3.8, 4) is 0 Å². The molecule has 100 valence electrons. The van der Waals surface area contributed by atoms with E-state index >= 15 is 0 Å². The summed E-state index contributed by atoms with van der Waals surface area (Å²) in [6.45, 7) is 0.291. The lowest BCUT2D eigenvalue weighted by molar-refractivity contribution is -0.135. The zero-order valence-electron chi connectivity index (χ0n) is 9.63. The molecule has 0 aliphatic carbocycles. The Morgan fingerprint density at radius 3 is 2.61 bits per heavy atom. The number of carbonyl (C=O) groups excluding carboxylic acids is 1. The highest BCUT2D eigenvalue weighted by Gasteiger charge is 2.26. The summed E-state index contributed by atoms with van der Waals surface area (Å²) in [5.74, 6) is -0.485. The van der Waals surface area contributed by atoms with Crippen molar-refractivity contribution in [2.75, 3.05) is 6.54 Å². The van der Waals surface area contributed by atoms with Gasteiger partial charge in [-0.15, -0.1) is 0 Å². The zero-order chi connectivity index (χ0) is 13.6. The number of nitrogens with two attached hydrogens (primary N) is 1. The summed E-state index contributed by atoms with van der Waals surface area (Å²) in [4.78, 5) is 15.3. The molecule has 0 fully saturated rings. The van der Waals surface area contributed by atoms with Crippen LogP contribution in [0.4, 0.5) is 13.2 Å². The fourth-order valence-corrected chi connectivity index (χ4v) is 1.26. The van der Waals surface area contributed by atoms with Gasteiger partial charge in [0.15, 0.2) is 0 Å². The van der Waals surface area contributed by atoms with Crippen LogP contribution in [0.3, 0.4) is 0 Å². The third kappa shape index (κ3) is 5.13. The largest absolute Gasteiger partial charge is 0.389 e. The number of amides is 1. The number of nitrogens with zero attached hydrogens (tertiary/aromatic N) is 1. The molecule has 3 N–H and O–H groups in total. The Morgan fingerprint density at radius 2 is 2.11 bits per heavy atom. The van der Waals surface area contributed by atoms with Crippen LogP contribution in [0.15, 0.2) is 18.3 Å². The van der Waals surface area contributed by atoms with Crippen molar-refractivity contribution in [2.24, 2.45) is 5.73 Å². The summed E-state index contributed by atoms with van der Waals surface area (Å²) in [7, 11) is 0. The highest BCUT2D eigenvalue weighted by Crippen LogP contribution is 2.20. The van der Waals surface area contributed by atoms with E-state index in [-0.39, 0.29) is 18.7 Å². The SMILES string of the molecule is NCc1ccc(C(=O)NCCCC(F)(F)F)nc1. The number of pyridine rings is 1. The summed E-state index contributed by atoms with van der Waals surface area (Å²) < 4.78 is 35.5. The van der Waals surface area contributed by atoms with Gasteiger partial charge in [0.05, 0.1) is 0 Å². The molecule has 0 radical (unpaired) electrons. The second-order valence-corrected chi connectivity index (χ2v) is 3.73. The molecule has 4 nitrogen and oxygen atoms in total. The molecule has 1 amide bonds. The molecule has 0 saturated carbocycles. The van der Waals surface area contributed by atoms with Crippen LogP contribution < -0.4 is 11.1 Å². The lowest BCUT2D eigenvalue weighted by Crippen LogP contribution is -2.26. The Labute approximate surface area is 102 Å². The van der Waals surface area contributed by atoms with Crippen LogP contribution in [-0.2, 0) is 6.54 Å². The molecule has 0 bridgehead atoms. The summed E-state index contributed by atoms with van der Waals surface area (Å²) in [5.41, 5.74) is 6.31. The molecule has 0 unspecified atom stereocenters. The number of carbonyl (C=O) groups is 1. The van der Waals surface area contributed by atoms with E-state index in [4.69, 9.17) is 5.73 Å². The van der Waals surface area contributed by atoms with Crippen LogP contribution >= 0.6 is 0 Å². The summed E-state index contributed by atoms with van der Waals surface area (Å²) >= 11 is 0. The number of aromatic nitrogens is 1. The van der Waals surface area contributed by atoms with Gasteiger partial charge < -0.3 is 11.1 Å². The molecule has 1 aromatic heterocycles. The first-order chi connectivity index (χ1) is 8.42. The van der Waals surface area contributed by atoms with E-state index in [0.717, 1.165) is 5.56 Å². The third-order valence-electron chi connectivity index (χ3n) is 2.22. The fourth-order valence-electron chi connectivity index (χ4n) is 1.26. The second-order valence-electron chi connectivity index (χ2n) is 3.73.